The van der Waals surface area contributed by atoms with E-state index in [0.717, 1.165) is 24.8 Å². The average Bonchev–Trinajstić information content (AvgIpc) is 3.38. The summed E-state index contributed by atoms with van der Waals surface area (Å²) in [6.45, 7) is 5.65. The largest absolute Gasteiger partial charge is 0.458 e. The first-order valence-electron chi connectivity index (χ1n) is 14.1. The van der Waals surface area contributed by atoms with Gasteiger partial charge in [0, 0.05) is 23.2 Å². The molecule has 10 heteroatoms. The summed E-state index contributed by atoms with van der Waals surface area (Å²) < 4.78 is 18.2. The highest BCUT2D eigenvalue weighted by molar-refractivity contribution is 6.01. The predicted octanol–water partition coefficient (Wildman–Crippen LogP) is 2.04. The first-order valence-corrected chi connectivity index (χ1v) is 14.1. The maximum absolute atomic E-state index is 14.0. The molecule has 4 fully saturated rings. The number of esters is 1. The topological polar surface area (TPSA) is 154 Å². The van der Waals surface area contributed by atoms with Gasteiger partial charge in [-0.2, -0.15) is 0 Å². The molecule has 1 aliphatic heterocycles. The number of hydrazine groups is 1. The molecule has 1 heterocycles. The van der Waals surface area contributed by atoms with Crippen LogP contribution in [0.2, 0.25) is 0 Å². The van der Waals surface area contributed by atoms with Crippen molar-refractivity contribution in [3.05, 3.63) is 23.8 Å². The molecule has 0 aromatic carbocycles. The van der Waals surface area contributed by atoms with Gasteiger partial charge in [-0.25, -0.2) is 5.84 Å². The average molecular weight is 545 g/mol. The number of nitrogens with two attached hydrogens (primary N) is 1. The van der Waals surface area contributed by atoms with Crippen LogP contribution in [0.4, 0.5) is 0 Å². The highest BCUT2D eigenvalue weighted by Crippen LogP contribution is 2.69. The fourth-order valence-corrected chi connectivity index (χ4v) is 8.62. The summed E-state index contributed by atoms with van der Waals surface area (Å²) in [5.74, 6) is 3.55. The van der Waals surface area contributed by atoms with Gasteiger partial charge in [0.05, 0.1) is 18.6 Å². The molecular formula is C29H40N2O8. The third kappa shape index (κ3) is 4.31. The lowest BCUT2D eigenvalue weighted by molar-refractivity contribution is -0.201. The quantitative estimate of drug-likeness (QED) is 0.180. The van der Waals surface area contributed by atoms with Gasteiger partial charge < -0.3 is 19.3 Å². The minimum Gasteiger partial charge on any atom is -0.458 e. The maximum atomic E-state index is 14.0. The normalized spacial score (nSPS) is 42.1. The molecule has 4 N–H and O–H groups in total. The summed E-state index contributed by atoms with van der Waals surface area (Å²) in [4.78, 5) is 49.8. The van der Waals surface area contributed by atoms with Crippen LogP contribution < -0.4 is 11.3 Å². The maximum Gasteiger partial charge on any atom is 0.306 e. The van der Waals surface area contributed by atoms with E-state index in [1.807, 2.05) is 25.3 Å². The number of aliphatic hydroxyl groups is 1. The zero-order chi connectivity index (χ0) is 28.2. The number of nitrogens with one attached hydrogen (secondary N) is 1. The van der Waals surface area contributed by atoms with Crippen molar-refractivity contribution in [1.29, 1.82) is 0 Å². The predicted molar refractivity (Wildman–Crippen MR) is 138 cm³/mol. The lowest BCUT2D eigenvalue weighted by atomic mass is 9.46. The second-order valence-electron chi connectivity index (χ2n) is 12.3. The first kappa shape index (κ1) is 28.1. The number of ether oxygens (including phenoxy) is 3. The van der Waals surface area contributed by atoms with Crippen LogP contribution in [-0.2, 0) is 33.4 Å². The molecule has 3 saturated carbocycles. The summed E-state index contributed by atoms with van der Waals surface area (Å²) >= 11 is 0. The van der Waals surface area contributed by atoms with E-state index in [1.165, 1.54) is 0 Å². The van der Waals surface area contributed by atoms with Gasteiger partial charge >= 0.3 is 5.97 Å². The van der Waals surface area contributed by atoms with Crippen molar-refractivity contribution in [2.45, 2.75) is 96.2 Å². The molecule has 0 aromatic rings. The molecule has 0 spiro atoms. The number of aliphatic hydroxyl groups excluding tert-OH is 1. The van der Waals surface area contributed by atoms with Crippen molar-refractivity contribution in [1.82, 2.24) is 5.43 Å². The van der Waals surface area contributed by atoms with Gasteiger partial charge in [0.15, 0.2) is 24.3 Å². The molecule has 0 bridgehead atoms. The Kier molecular flexibility index (Phi) is 7.37. The molecule has 5 aliphatic rings. The van der Waals surface area contributed by atoms with E-state index in [2.05, 4.69) is 6.92 Å². The lowest BCUT2D eigenvalue weighted by Crippen LogP contribution is -2.63. The molecule has 4 aliphatic carbocycles. The number of carbonyl (C=O) groups is 4. The fraction of sp³-hybridized carbons (Fsp3) is 0.724. The Morgan fingerprint density at radius 2 is 2.03 bits per heavy atom. The number of hydrogen-bond acceptors (Lipinski definition) is 9. The van der Waals surface area contributed by atoms with Gasteiger partial charge in [-0.3, -0.25) is 24.6 Å². The Balaban J connectivity index is 1.43. The van der Waals surface area contributed by atoms with Crippen molar-refractivity contribution in [2.24, 2.45) is 34.4 Å². The monoisotopic (exact) mass is 544 g/mol. The molecule has 39 heavy (non-hydrogen) atoms. The molecule has 10 nitrogen and oxygen atoms in total. The molecule has 214 valence electrons. The Hall–Kier alpha value is -2.40. The third-order valence-electron chi connectivity index (χ3n) is 10.3. The third-order valence-corrected chi connectivity index (χ3v) is 10.3. The molecule has 1 unspecified atom stereocenters. The summed E-state index contributed by atoms with van der Waals surface area (Å²) in [6, 6.07) is 0. The number of ketones is 2. The second kappa shape index (κ2) is 10.2. The van der Waals surface area contributed by atoms with Crippen molar-refractivity contribution < 1.29 is 38.5 Å². The number of fused-ring (bicyclic) bond motifs is 7. The molecule has 0 aromatic heterocycles. The zero-order valence-electron chi connectivity index (χ0n) is 22.9. The van der Waals surface area contributed by atoms with Crippen LogP contribution in [0.3, 0.4) is 0 Å². The number of amides is 1. The van der Waals surface area contributed by atoms with Crippen molar-refractivity contribution in [2.75, 3.05) is 6.61 Å². The van der Waals surface area contributed by atoms with Gasteiger partial charge in [-0.15, -0.1) is 0 Å². The van der Waals surface area contributed by atoms with Crippen LogP contribution in [0.25, 0.3) is 0 Å². The Bertz CT molecular complexity index is 1120. The molecule has 0 radical (unpaired) electrons. The first-order chi connectivity index (χ1) is 18.5. The van der Waals surface area contributed by atoms with Crippen molar-refractivity contribution >= 4 is 23.4 Å². The number of Topliss-reactive ketones (excluding diaryl/α,β-unsaturated/α-hetero) is 1. The van der Waals surface area contributed by atoms with Crippen LogP contribution in [0.5, 0.6) is 0 Å². The summed E-state index contributed by atoms with van der Waals surface area (Å²) in [5.41, 5.74) is 0.506. The fourth-order valence-electron chi connectivity index (χ4n) is 8.62. The SMILES string of the molecule is CCCC1O[C@H]2C[C@H]3[C@@H]4CCC5=CC(=O)C=C[C@]5(C)[C@H]4[C@@H](O)C[C@]3(C)[C@]2(C(=O)COC(=O)CCC(=O)NN)O1. The summed E-state index contributed by atoms with van der Waals surface area (Å²) in [7, 11) is 0. The van der Waals surface area contributed by atoms with Crippen LogP contribution in [0.1, 0.15) is 72.1 Å². The van der Waals surface area contributed by atoms with E-state index >= 15 is 0 Å². The van der Waals surface area contributed by atoms with Gasteiger partial charge in [0.1, 0.15) is 0 Å². The van der Waals surface area contributed by atoms with E-state index in [1.54, 1.807) is 12.2 Å². The van der Waals surface area contributed by atoms with E-state index in [9.17, 15) is 24.3 Å². The lowest BCUT2D eigenvalue weighted by Gasteiger charge is -2.59. The zero-order valence-corrected chi connectivity index (χ0v) is 22.9. The van der Waals surface area contributed by atoms with Crippen molar-refractivity contribution in [3.63, 3.8) is 0 Å². The van der Waals surface area contributed by atoms with Gasteiger partial charge in [0.2, 0.25) is 11.7 Å². The Morgan fingerprint density at radius 3 is 2.74 bits per heavy atom. The van der Waals surface area contributed by atoms with Crippen LogP contribution in [0, 0.1) is 28.6 Å². The summed E-state index contributed by atoms with van der Waals surface area (Å²) in [6.07, 6.45) is 7.09. The molecule has 1 saturated heterocycles. The Morgan fingerprint density at radius 1 is 1.26 bits per heavy atom. The van der Waals surface area contributed by atoms with Crippen molar-refractivity contribution in [3.8, 4) is 0 Å². The smallest absolute Gasteiger partial charge is 0.306 e. The van der Waals surface area contributed by atoms with E-state index in [4.69, 9.17) is 20.1 Å². The number of rotatable bonds is 8. The Labute approximate surface area is 228 Å². The number of allylic oxidation sites excluding steroid dienone is 4. The molecule has 5 rings (SSSR count). The standard InChI is InChI=1S/C29H40N2O8/c1-4-5-25-38-22-13-19-18-7-6-16-12-17(32)10-11-27(16,2)26(18)20(33)14-28(19,3)29(22,39-25)21(34)15-37-24(36)9-8-23(35)31-30/h10-12,18-20,22,25-26,33H,4-9,13-15,30H2,1-3H3,(H,31,35)/t18-,19-,20-,22-,25?,26+,27-,28-,29+/m0/s1. The second-order valence-corrected chi connectivity index (χ2v) is 12.3. The highest BCUT2D eigenvalue weighted by atomic mass is 16.7. The van der Waals surface area contributed by atoms with Gasteiger partial charge in [0.25, 0.3) is 0 Å². The number of carbonyl (C=O) groups excluding carboxylic acids is 4. The van der Waals surface area contributed by atoms with Crippen LogP contribution in [0.15, 0.2) is 23.8 Å². The molecule has 9 atom stereocenters. The van der Waals surface area contributed by atoms with Gasteiger partial charge in [-0.1, -0.05) is 38.8 Å². The molecular weight excluding hydrogens is 504 g/mol. The summed E-state index contributed by atoms with van der Waals surface area (Å²) in [5, 5.41) is 11.7. The highest BCUT2D eigenvalue weighted by Gasteiger charge is 2.75. The molecule has 1 amide bonds. The minimum atomic E-state index is -1.35. The van der Waals surface area contributed by atoms with Crippen LogP contribution in [-0.4, -0.2) is 59.3 Å². The number of hydrogen-bond donors (Lipinski definition) is 3. The minimum absolute atomic E-state index is 0.0158. The van der Waals surface area contributed by atoms with E-state index in [0.29, 0.717) is 19.3 Å². The van der Waals surface area contributed by atoms with E-state index < -0.39 is 53.4 Å². The van der Waals surface area contributed by atoms with E-state index in [-0.39, 0.29) is 42.2 Å². The van der Waals surface area contributed by atoms with Crippen LogP contribution >= 0.6 is 0 Å². The van der Waals surface area contributed by atoms with Gasteiger partial charge in [-0.05, 0) is 56.1 Å².